The van der Waals surface area contributed by atoms with Crippen LogP contribution >= 0.6 is 0 Å². The minimum absolute atomic E-state index is 0.902. The van der Waals surface area contributed by atoms with E-state index in [4.69, 9.17) is 0 Å². The van der Waals surface area contributed by atoms with E-state index in [0.29, 0.717) is 0 Å². The number of rotatable bonds is 2. The van der Waals surface area contributed by atoms with E-state index < -0.39 is 0 Å². The second-order valence-electron chi connectivity index (χ2n) is 2.33. The first kappa shape index (κ1) is 11.1. The summed E-state index contributed by atoms with van der Waals surface area (Å²) >= 11 is 0. The lowest BCUT2D eigenvalue weighted by Gasteiger charge is -2.01. The van der Waals surface area contributed by atoms with Gasteiger partial charge in [-0.2, -0.15) is 0 Å². The van der Waals surface area contributed by atoms with E-state index in [0.717, 1.165) is 6.54 Å². The number of aromatic nitrogens is 1. The fourth-order valence-electron chi connectivity index (χ4n) is 0.872. The molecule has 1 heterocycles. The first-order chi connectivity index (χ1) is 5.84. The summed E-state index contributed by atoms with van der Waals surface area (Å²) in [4.78, 5) is 4.02. The molecule has 68 valence electrons. The van der Waals surface area contributed by atoms with Crippen LogP contribution in [0.1, 0.15) is 25.0 Å². The van der Waals surface area contributed by atoms with Crippen molar-refractivity contribution in [1.82, 2.24) is 10.3 Å². The van der Waals surface area contributed by atoms with Crippen LogP contribution in [0.25, 0.3) is 0 Å². The number of hydrogen-bond donors (Lipinski definition) is 1. The molecule has 1 aromatic rings. The van der Waals surface area contributed by atoms with Gasteiger partial charge in [-0.25, -0.2) is 0 Å². The molecule has 0 aliphatic heterocycles. The molecule has 1 rings (SSSR count). The molecule has 0 radical (unpaired) electrons. The Labute approximate surface area is 75.0 Å². The number of pyridine rings is 1. The highest BCUT2D eigenvalue weighted by Gasteiger charge is 1.93. The summed E-state index contributed by atoms with van der Waals surface area (Å²) in [5.41, 5.74) is 2.56. The lowest BCUT2D eigenvalue weighted by Crippen LogP contribution is -2.06. The Bertz CT molecular complexity index is 209. The lowest BCUT2D eigenvalue weighted by molar-refractivity contribution is 0.807. The van der Waals surface area contributed by atoms with Crippen LogP contribution in [0.15, 0.2) is 18.5 Å². The Morgan fingerprint density at radius 3 is 2.58 bits per heavy atom. The second kappa shape index (κ2) is 6.80. The molecule has 0 atom stereocenters. The van der Waals surface area contributed by atoms with Gasteiger partial charge in [0.25, 0.3) is 0 Å². The highest BCUT2D eigenvalue weighted by Crippen LogP contribution is 2.02. The summed E-state index contributed by atoms with van der Waals surface area (Å²) in [5, 5.41) is 3.08. The molecular formula is C10H18N2. The summed E-state index contributed by atoms with van der Waals surface area (Å²) in [5.74, 6) is 0. The molecule has 0 saturated carbocycles. The summed E-state index contributed by atoms with van der Waals surface area (Å²) < 4.78 is 0. The zero-order valence-electron chi connectivity index (χ0n) is 8.39. The van der Waals surface area contributed by atoms with Crippen LogP contribution in [-0.2, 0) is 6.54 Å². The zero-order valence-corrected chi connectivity index (χ0v) is 8.39. The first-order valence-electron chi connectivity index (χ1n) is 4.38. The average molecular weight is 166 g/mol. The molecule has 12 heavy (non-hydrogen) atoms. The minimum atomic E-state index is 0.902. The van der Waals surface area contributed by atoms with Crippen molar-refractivity contribution in [2.24, 2.45) is 0 Å². The Hall–Kier alpha value is -0.890. The van der Waals surface area contributed by atoms with Gasteiger partial charge in [-0.1, -0.05) is 13.8 Å². The molecule has 2 nitrogen and oxygen atoms in total. The fraction of sp³-hybridized carbons (Fsp3) is 0.500. The van der Waals surface area contributed by atoms with Crippen molar-refractivity contribution in [3.63, 3.8) is 0 Å². The largest absolute Gasteiger partial charge is 0.316 e. The summed E-state index contributed by atoms with van der Waals surface area (Å²) in [6.45, 7) is 6.99. The average Bonchev–Trinajstić information content (AvgIpc) is 2.13. The number of hydrogen-bond acceptors (Lipinski definition) is 2. The lowest BCUT2D eigenvalue weighted by atomic mass is 10.2. The van der Waals surface area contributed by atoms with Crippen molar-refractivity contribution in [1.29, 1.82) is 0 Å². The van der Waals surface area contributed by atoms with E-state index >= 15 is 0 Å². The quantitative estimate of drug-likeness (QED) is 0.728. The highest BCUT2D eigenvalue weighted by molar-refractivity contribution is 5.20. The molecule has 0 aliphatic rings. The van der Waals surface area contributed by atoms with Crippen LogP contribution in [0, 0.1) is 6.92 Å². The van der Waals surface area contributed by atoms with Crippen molar-refractivity contribution in [3.05, 3.63) is 29.6 Å². The maximum atomic E-state index is 4.02. The van der Waals surface area contributed by atoms with Gasteiger partial charge >= 0.3 is 0 Å². The molecule has 2 heteroatoms. The van der Waals surface area contributed by atoms with Crippen LogP contribution in [0.3, 0.4) is 0 Å². The monoisotopic (exact) mass is 166 g/mol. The number of nitrogens with one attached hydrogen (secondary N) is 1. The summed E-state index contributed by atoms with van der Waals surface area (Å²) in [6.07, 6.45) is 3.71. The Balaban J connectivity index is 0.000000561. The van der Waals surface area contributed by atoms with E-state index in [-0.39, 0.29) is 0 Å². The van der Waals surface area contributed by atoms with E-state index in [2.05, 4.69) is 17.2 Å². The molecular weight excluding hydrogens is 148 g/mol. The SMILES string of the molecule is CC.CNCc1cnccc1C. The predicted octanol–water partition coefficient (Wildman–Crippen LogP) is 2.14. The zero-order chi connectivity index (χ0) is 9.40. The third kappa shape index (κ3) is 3.49. The van der Waals surface area contributed by atoms with Crippen molar-refractivity contribution >= 4 is 0 Å². The molecule has 0 bridgehead atoms. The topological polar surface area (TPSA) is 24.9 Å². The third-order valence-corrected chi connectivity index (χ3v) is 1.51. The molecule has 0 saturated heterocycles. The number of aryl methyl sites for hydroxylation is 1. The fourth-order valence-corrected chi connectivity index (χ4v) is 0.872. The van der Waals surface area contributed by atoms with E-state index in [9.17, 15) is 0 Å². The van der Waals surface area contributed by atoms with E-state index in [1.807, 2.05) is 39.4 Å². The van der Waals surface area contributed by atoms with Gasteiger partial charge < -0.3 is 5.32 Å². The maximum Gasteiger partial charge on any atom is 0.0315 e. The first-order valence-corrected chi connectivity index (χ1v) is 4.38. The molecule has 0 fully saturated rings. The van der Waals surface area contributed by atoms with Crippen LogP contribution in [0.5, 0.6) is 0 Å². The standard InChI is InChI=1S/C8H12N2.C2H6/c1-7-3-4-10-6-8(7)5-9-2;1-2/h3-4,6,9H,5H2,1-2H3;1-2H3. The van der Waals surface area contributed by atoms with Gasteiger partial charge in [-0.3, -0.25) is 4.98 Å². The molecule has 0 unspecified atom stereocenters. The van der Waals surface area contributed by atoms with Crippen molar-refractivity contribution in [2.75, 3.05) is 7.05 Å². The summed E-state index contributed by atoms with van der Waals surface area (Å²) in [6, 6.07) is 2.02. The molecule has 1 N–H and O–H groups in total. The van der Waals surface area contributed by atoms with Gasteiger partial charge in [0.15, 0.2) is 0 Å². The summed E-state index contributed by atoms with van der Waals surface area (Å²) in [7, 11) is 1.94. The van der Waals surface area contributed by atoms with E-state index in [1.165, 1.54) is 11.1 Å². The van der Waals surface area contributed by atoms with Gasteiger partial charge in [0, 0.05) is 18.9 Å². The molecule has 0 spiro atoms. The van der Waals surface area contributed by atoms with E-state index in [1.54, 1.807) is 0 Å². The molecule has 0 amide bonds. The van der Waals surface area contributed by atoms with Gasteiger partial charge in [0.1, 0.15) is 0 Å². The Kier molecular flexibility index (Phi) is 6.29. The minimum Gasteiger partial charge on any atom is -0.316 e. The van der Waals surface area contributed by atoms with Crippen molar-refractivity contribution in [3.8, 4) is 0 Å². The van der Waals surface area contributed by atoms with Crippen LogP contribution in [0.2, 0.25) is 0 Å². The number of nitrogens with zero attached hydrogens (tertiary/aromatic N) is 1. The van der Waals surface area contributed by atoms with Gasteiger partial charge in [-0.15, -0.1) is 0 Å². The highest BCUT2D eigenvalue weighted by atomic mass is 14.8. The predicted molar refractivity (Wildman–Crippen MR) is 53.1 cm³/mol. The van der Waals surface area contributed by atoms with Crippen molar-refractivity contribution < 1.29 is 0 Å². The maximum absolute atomic E-state index is 4.02. The smallest absolute Gasteiger partial charge is 0.0315 e. The molecule has 0 aromatic carbocycles. The van der Waals surface area contributed by atoms with Gasteiger partial charge in [-0.05, 0) is 31.2 Å². The third-order valence-electron chi connectivity index (χ3n) is 1.51. The normalized spacial score (nSPS) is 8.67. The molecule has 0 aliphatic carbocycles. The molecule has 1 aromatic heterocycles. The second-order valence-corrected chi connectivity index (χ2v) is 2.33. The van der Waals surface area contributed by atoms with Crippen LogP contribution in [0.4, 0.5) is 0 Å². The Morgan fingerprint density at radius 1 is 1.42 bits per heavy atom. The van der Waals surface area contributed by atoms with Gasteiger partial charge in [0.05, 0.1) is 0 Å². The van der Waals surface area contributed by atoms with Crippen molar-refractivity contribution in [2.45, 2.75) is 27.3 Å². The van der Waals surface area contributed by atoms with Gasteiger partial charge in [0.2, 0.25) is 0 Å². The van der Waals surface area contributed by atoms with Crippen LogP contribution < -0.4 is 5.32 Å². The van der Waals surface area contributed by atoms with Crippen LogP contribution in [-0.4, -0.2) is 12.0 Å². The Morgan fingerprint density at radius 2 is 2.08 bits per heavy atom.